The Balaban J connectivity index is 1.56. The molecule has 1 unspecified atom stereocenters. The van der Waals surface area contributed by atoms with Gasteiger partial charge in [0, 0.05) is 10.6 Å². The number of hydrogen-bond acceptors (Lipinski definition) is 5. The molecule has 0 bridgehead atoms. The highest BCUT2D eigenvalue weighted by Gasteiger charge is 2.31. The van der Waals surface area contributed by atoms with Crippen LogP contribution in [0.5, 0.6) is 5.75 Å². The Bertz CT molecular complexity index is 1140. The molecule has 0 radical (unpaired) electrons. The van der Waals surface area contributed by atoms with Crippen LogP contribution in [-0.2, 0) is 24.2 Å². The number of amides is 1. The molecule has 3 aromatic rings. The van der Waals surface area contributed by atoms with Gasteiger partial charge in [-0.1, -0.05) is 20.8 Å². The highest BCUT2D eigenvalue weighted by atomic mass is 32.1. The van der Waals surface area contributed by atoms with Gasteiger partial charge in [-0.15, -0.1) is 11.3 Å². The quantitative estimate of drug-likeness (QED) is 0.678. The first-order chi connectivity index (χ1) is 14.3. The van der Waals surface area contributed by atoms with E-state index in [-0.39, 0.29) is 23.4 Å². The maximum Gasteiger partial charge on any atom is 0.262 e. The number of nitrogens with zero attached hydrogens (tertiary/aromatic N) is 2. The van der Waals surface area contributed by atoms with E-state index in [4.69, 9.17) is 4.74 Å². The third-order valence-corrected chi connectivity index (χ3v) is 7.11. The van der Waals surface area contributed by atoms with Crippen molar-refractivity contribution in [3.05, 3.63) is 51.4 Å². The number of aromatic nitrogens is 2. The average molecular weight is 426 g/mol. The van der Waals surface area contributed by atoms with E-state index in [1.165, 1.54) is 15.8 Å². The summed E-state index contributed by atoms with van der Waals surface area (Å²) in [6.45, 7) is 6.77. The largest absolute Gasteiger partial charge is 0.497 e. The van der Waals surface area contributed by atoms with Crippen LogP contribution < -0.4 is 15.6 Å². The van der Waals surface area contributed by atoms with Crippen LogP contribution in [0, 0.1) is 11.3 Å². The van der Waals surface area contributed by atoms with Crippen LogP contribution in [0.15, 0.2) is 35.4 Å². The van der Waals surface area contributed by atoms with Crippen LogP contribution in [0.1, 0.15) is 37.6 Å². The Morgan fingerprint density at radius 3 is 2.70 bits per heavy atom. The number of carbonyl (C=O) groups excluding carboxylic acids is 1. The lowest BCUT2D eigenvalue weighted by Gasteiger charge is -2.33. The monoisotopic (exact) mass is 425 g/mol. The molecule has 1 amide bonds. The Morgan fingerprint density at radius 2 is 2.03 bits per heavy atom. The lowest BCUT2D eigenvalue weighted by Crippen LogP contribution is -2.29. The lowest BCUT2D eigenvalue weighted by atomic mass is 9.72. The number of aryl methyl sites for hydroxylation is 1. The van der Waals surface area contributed by atoms with Gasteiger partial charge in [0.05, 0.1) is 18.8 Å². The number of rotatable bonds is 4. The molecule has 1 aromatic carbocycles. The summed E-state index contributed by atoms with van der Waals surface area (Å²) in [6, 6.07) is 7.08. The van der Waals surface area contributed by atoms with Crippen LogP contribution in [0.2, 0.25) is 0 Å². The molecule has 4 rings (SSSR count). The first-order valence-corrected chi connectivity index (χ1v) is 11.0. The fraction of sp³-hybridized carbons (Fsp3) is 0.435. The van der Waals surface area contributed by atoms with Crippen LogP contribution in [0.3, 0.4) is 0 Å². The number of nitrogens with one attached hydrogen (secondary N) is 1. The Kier molecular flexibility index (Phi) is 5.40. The third-order valence-electron chi connectivity index (χ3n) is 5.95. The molecule has 1 aliphatic rings. The maximum atomic E-state index is 13.1. The second-order valence-electron chi connectivity index (χ2n) is 8.94. The first-order valence-electron chi connectivity index (χ1n) is 10.2. The molecular weight excluding hydrogens is 398 g/mol. The smallest absolute Gasteiger partial charge is 0.262 e. The van der Waals surface area contributed by atoms with Gasteiger partial charge in [-0.3, -0.25) is 14.2 Å². The van der Waals surface area contributed by atoms with Gasteiger partial charge in [-0.2, -0.15) is 0 Å². The third kappa shape index (κ3) is 3.99. The Labute approximate surface area is 179 Å². The zero-order valence-electron chi connectivity index (χ0n) is 17.8. The van der Waals surface area contributed by atoms with Gasteiger partial charge in [0.1, 0.15) is 17.1 Å². The van der Waals surface area contributed by atoms with E-state index >= 15 is 0 Å². The molecule has 30 heavy (non-hydrogen) atoms. The first kappa shape index (κ1) is 20.6. The van der Waals surface area contributed by atoms with E-state index < -0.39 is 0 Å². The van der Waals surface area contributed by atoms with Gasteiger partial charge in [0.25, 0.3) is 5.56 Å². The lowest BCUT2D eigenvalue weighted by molar-refractivity contribution is -0.116. The van der Waals surface area contributed by atoms with Crippen molar-refractivity contribution in [2.45, 2.75) is 46.6 Å². The molecular formula is C23H27N3O3S. The number of ether oxygens (including phenoxy) is 1. The number of methoxy groups -OCH3 is 1. The highest BCUT2D eigenvalue weighted by molar-refractivity contribution is 7.18. The Morgan fingerprint density at radius 1 is 1.30 bits per heavy atom. The molecule has 7 heteroatoms. The molecule has 1 aliphatic carbocycles. The van der Waals surface area contributed by atoms with Crippen LogP contribution in [0.4, 0.5) is 5.69 Å². The molecule has 0 aliphatic heterocycles. The summed E-state index contributed by atoms with van der Waals surface area (Å²) in [5, 5.41) is 3.51. The van der Waals surface area contributed by atoms with Gasteiger partial charge in [-0.25, -0.2) is 4.98 Å². The van der Waals surface area contributed by atoms with E-state index in [0.29, 0.717) is 17.0 Å². The van der Waals surface area contributed by atoms with Crippen molar-refractivity contribution < 1.29 is 9.53 Å². The second kappa shape index (κ2) is 7.87. The predicted molar refractivity (Wildman–Crippen MR) is 120 cm³/mol. The summed E-state index contributed by atoms with van der Waals surface area (Å²) in [5.41, 5.74) is 1.92. The van der Waals surface area contributed by atoms with E-state index in [1.54, 1.807) is 42.7 Å². The van der Waals surface area contributed by atoms with Gasteiger partial charge in [-0.05, 0) is 60.4 Å². The van der Waals surface area contributed by atoms with Gasteiger partial charge >= 0.3 is 0 Å². The van der Waals surface area contributed by atoms with Crippen molar-refractivity contribution in [3.8, 4) is 5.75 Å². The van der Waals surface area contributed by atoms with Crippen LogP contribution in [-0.4, -0.2) is 22.6 Å². The number of anilines is 1. The van der Waals surface area contributed by atoms with Crippen molar-refractivity contribution in [1.29, 1.82) is 0 Å². The zero-order valence-corrected chi connectivity index (χ0v) is 18.6. The molecule has 158 valence electrons. The second-order valence-corrected chi connectivity index (χ2v) is 10.0. The van der Waals surface area contributed by atoms with Crippen molar-refractivity contribution in [3.63, 3.8) is 0 Å². The van der Waals surface area contributed by atoms with Crippen LogP contribution >= 0.6 is 11.3 Å². The fourth-order valence-electron chi connectivity index (χ4n) is 4.08. The molecule has 0 spiro atoms. The number of carbonyl (C=O) groups is 1. The molecule has 0 saturated carbocycles. The van der Waals surface area contributed by atoms with Gasteiger partial charge in [0.2, 0.25) is 5.91 Å². The number of fused-ring (bicyclic) bond motifs is 3. The minimum Gasteiger partial charge on any atom is -0.497 e. The molecule has 0 saturated heterocycles. The topological polar surface area (TPSA) is 73.2 Å². The van der Waals surface area contributed by atoms with Crippen molar-refractivity contribution in [2.75, 3.05) is 12.4 Å². The molecule has 0 fully saturated rings. The SMILES string of the molecule is COc1ccc(NC(=O)Cn2cnc3sc4c(c3c2=O)CCC(C(C)(C)C)C4)cc1. The number of hydrogen-bond donors (Lipinski definition) is 1. The average Bonchev–Trinajstić information content (AvgIpc) is 3.08. The maximum absolute atomic E-state index is 13.1. The summed E-state index contributed by atoms with van der Waals surface area (Å²) in [5.74, 6) is 1.06. The van der Waals surface area contributed by atoms with E-state index in [9.17, 15) is 9.59 Å². The van der Waals surface area contributed by atoms with Gasteiger partial charge < -0.3 is 10.1 Å². The molecule has 6 nitrogen and oxygen atoms in total. The molecule has 2 heterocycles. The standard InChI is InChI=1S/C23H27N3O3S/c1-23(2,3)14-5-10-17-18(11-14)30-21-20(17)22(28)26(13-24-21)12-19(27)25-15-6-8-16(29-4)9-7-15/h6-9,13-14H,5,10-12H2,1-4H3,(H,25,27). The highest BCUT2D eigenvalue weighted by Crippen LogP contribution is 2.41. The molecule has 1 atom stereocenters. The van der Waals surface area contributed by atoms with E-state index in [2.05, 4.69) is 31.1 Å². The Hall–Kier alpha value is -2.67. The minimum atomic E-state index is -0.264. The summed E-state index contributed by atoms with van der Waals surface area (Å²) < 4.78 is 6.53. The minimum absolute atomic E-state index is 0.0664. The zero-order chi connectivity index (χ0) is 21.5. The van der Waals surface area contributed by atoms with E-state index in [0.717, 1.165) is 35.4 Å². The van der Waals surface area contributed by atoms with Crippen molar-refractivity contribution in [2.24, 2.45) is 11.3 Å². The summed E-state index contributed by atoms with van der Waals surface area (Å²) in [7, 11) is 1.59. The van der Waals surface area contributed by atoms with E-state index in [1.807, 2.05) is 0 Å². The number of thiophene rings is 1. The van der Waals surface area contributed by atoms with Crippen molar-refractivity contribution in [1.82, 2.24) is 9.55 Å². The van der Waals surface area contributed by atoms with Gasteiger partial charge in [0.15, 0.2) is 0 Å². The number of benzene rings is 1. The fourth-order valence-corrected chi connectivity index (χ4v) is 5.34. The summed E-state index contributed by atoms with van der Waals surface area (Å²) >= 11 is 1.63. The normalized spacial score (nSPS) is 16.3. The predicted octanol–water partition coefficient (Wildman–Crippen LogP) is 4.26. The van der Waals surface area contributed by atoms with Crippen molar-refractivity contribution >= 4 is 33.1 Å². The van der Waals surface area contributed by atoms with Crippen LogP contribution in [0.25, 0.3) is 10.2 Å². The summed E-state index contributed by atoms with van der Waals surface area (Å²) in [6.07, 6.45) is 4.46. The molecule has 2 aromatic heterocycles. The molecule has 1 N–H and O–H groups in total. The summed E-state index contributed by atoms with van der Waals surface area (Å²) in [4.78, 5) is 32.2.